The molecule has 0 aliphatic heterocycles. The third-order valence-corrected chi connectivity index (χ3v) is 3.42. The normalized spacial score (nSPS) is 13.8. The lowest BCUT2D eigenvalue weighted by Gasteiger charge is -2.14. The van der Waals surface area contributed by atoms with E-state index in [4.69, 9.17) is 5.11 Å². The summed E-state index contributed by atoms with van der Waals surface area (Å²) in [6, 6.07) is -1.39. The first kappa shape index (κ1) is 15.9. The second kappa shape index (κ2) is 8.98. The van der Waals surface area contributed by atoms with Crippen LogP contribution >= 0.6 is 0 Å². The largest absolute Gasteiger partial charge is 0.480 e. The van der Waals surface area contributed by atoms with Gasteiger partial charge in [-0.2, -0.15) is 0 Å². The first-order valence-corrected chi connectivity index (χ1v) is 7.12. The van der Waals surface area contributed by atoms with Gasteiger partial charge in [-0.1, -0.05) is 20.3 Å². The van der Waals surface area contributed by atoms with Crippen LogP contribution in [0.5, 0.6) is 0 Å². The predicted molar refractivity (Wildman–Crippen MR) is 66.4 cm³/mol. The average Bonchev–Trinajstić information content (AvgIpc) is 2.28. The van der Waals surface area contributed by atoms with E-state index in [-0.39, 0.29) is 6.54 Å². The Morgan fingerprint density at radius 2 is 2.00 bits per heavy atom. The van der Waals surface area contributed by atoms with Crippen LogP contribution in [0, 0.1) is 0 Å². The predicted octanol–water partition coefficient (Wildman–Crippen LogP) is 0.308. The summed E-state index contributed by atoms with van der Waals surface area (Å²) >= 11 is 0. The van der Waals surface area contributed by atoms with E-state index in [1.54, 1.807) is 6.92 Å². The molecule has 0 aliphatic carbocycles. The van der Waals surface area contributed by atoms with E-state index in [1.807, 2.05) is 6.92 Å². The summed E-state index contributed by atoms with van der Waals surface area (Å²) < 4.78 is 11.1. The Labute approximate surface area is 104 Å². The van der Waals surface area contributed by atoms with E-state index in [0.29, 0.717) is 24.3 Å². The van der Waals surface area contributed by atoms with Crippen molar-refractivity contribution in [3.05, 3.63) is 0 Å². The summed E-state index contributed by atoms with van der Waals surface area (Å²) in [5.74, 6) is -0.106. The van der Waals surface area contributed by atoms with Gasteiger partial charge in [0.05, 0.1) is 0 Å². The number of carbonyl (C=O) groups excluding carboxylic acids is 1. The average molecular weight is 264 g/mol. The number of amides is 2. The van der Waals surface area contributed by atoms with Gasteiger partial charge >= 0.3 is 12.0 Å². The molecule has 0 aromatic carbocycles. The van der Waals surface area contributed by atoms with Gasteiger partial charge in [-0.3, -0.25) is 4.21 Å². The molecule has 2 atom stereocenters. The van der Waals surface area contributed by atoms with E-state index >= 15 is 0 Å². The van der Waals surface area contributed by atoms with Crippen molar-refractivity contribution in [1.29, 1.82) is 0 Å². The number of carboxylic acid groups (broad SMARTS) is 1. The summed E-state index contributed by atoms with van der Waals surface area (Å²) in [5.41, 5.74) is 0. The fraction of sp³-hybridized carbons (Fsp3) is 0.800. The summed E-state index contributed by atoms with van der Waals surface area (Å²) in [4.78, 5) is 22.1. The molecule has 0 aromatic rings. The summed E-state index contributed by atoms with van der Waals surface area (Å²) in [5, 5.41) is 13.7. The highest BCUT2D eigenvalue weighted by Gasteiger charge is 2.18. The molecule has 0 saturated heterocycles. The first-order valence-electron chi connectivity index (χ1n) is 5.63. The number of carboxylic acids is 1. The minimum absolute atomic E-state index is 0.282. The highest BCUT2D eigenvalue weighted by Crippen LogP contribution is 1.96. The van der Waals surface area contributed by atoms with Crippen LogP contribution in [-0.4, -0.2) is 45.4 Å². The topological polar surface area (TPSA) is 95.5 Å². The van der Waals surface area contributed by atoms with Crippen LogP contribution in [0.1, 0.15) is 26.7 Å². The van der Waals surface area contributed by atoms with Crippen molar-refractivity contribution in [2.75, 3.05) is 18.1 Å². The van der Waals surface area contributed by atoms with Crippen molar-refractivity contribution in [3.63, 3.8) is 0 Å². The van der Waals surface area contributed by atoms with Gasteiger partial charge < -0.3 is 15.7 Å². The lowest BCUT2D eigenvalue weighted by Crippen LogP contribution is -2.46. The van der Waals surface area contributed by atoms with Gasteiger partial charge in [0.2, 0.25) is 0 Å². The number of hydrogen-bond donors (Lipinski definition) is 3. The molecule has 7 heteroatoms. The minimum atomic E-state index is -1.04. The second-order valence-electron chi connectivity index (χ2n) is 3.51. The fourth-order valence-corrected chi connectivity index (χ4v) is 1.80. The molecule has 0 radical (unpaired) electrons. The lowest BCUT2D eigenvalue weighted by molar-refractivity contribution is -0.139. The van der Waals surface area contributed by atoms with Crippen molar-refractivity contribution in [2.45, 2.75) is 32.7 Å². The number of carbonyl (C=O) groups is 2. The molecule has 17 heavy (non-hydrogen) atoms. The maximum absolute atomic E-state index is 11.3. The van der Waals surface area contributed by atoms with Gasteiger partial charge in [-0.15, -0.1) is 0 Å². The molecule has 100 valence electrons. The molecular weight excluding hydrogens is 244 g/mol. The second-order valence-corrected chi connectivity index (χ2v) is 5.38. The molecule has 0 aliphatic rings. The molecule has 0 saturated carbocycles. The Balaban J connectivity index is 3.90. The fourth-order valence-electron chi connectivity index (χ4n) is 1.18. The number of rotatable bonds is 8. The molecule has 6 nitrogen and oxygen atoms in total. The van der Waals surface area contributed by atoms with Crippen molar-refractivity contribution in [3.8, 4) is 0 Å². The highest BCUT2D eigenvalue weighted by atomic mass is 32.2. The maximum atomic E-state index is 11.3. The Morgan fingerprint density at radius 3 is 2.47 bits per heavy atom. The summed E-state index contributed by atoms with van der Waals surface area (Å²) in [7, 11) is -0.927. The Hall–Kier alpha value is -1.11. The van der Waals surface area contributed by atoms with Gasteiger partial charge in [0, 0.05) is 28.9 Å². The van der Waals surface area contributed by atoms with E-state index in [9.17, 15) is 13.8 Å². The SMILES string of the molecule is CCC[C@H](NC(=O)NCCS(=O)CC)C(=O)O. The molecule has 0 bridgehead atoms. The third-order valence-electron chi connectivity index (χ3n) is 2.12. The Morgan fingerprint density at radius 1 is 1.35 bits per heavy atom. The maximum Gasteiger partial charge on any atom is 0.326 e. The van der Waals surface area contributed by atoms with Crippen LogP contribution in [0.2, 0.25) is 0 Å². The molecule has 0 fully saturated rings. The van der Waals surface area contributed by atoms with Gasteiger partial charge in [-0.05, 0) is 6.42 Å². The van der Waals surface area contributed by atoms with Gasteiger partial charge in [0.25, 0.3) is 0 Å². The van der Waals surface area contributed by atoms with Crippen LogP contribution in [0.25, 0.3) is 0 Å². The number of aliphatic carboxylic acids is 1. The molecule has 0 rings (SSSR count). The zero-order chi connectivity index (χ0) is 13.3. The minimum Gasteiger partial charge on any atom is -0.480 e. The molecule has 0 aromatic heterocycles. The lowest BCUT2D eigenvalue weighted by atomic mass is 10.2. The van der Waals surface area contributed by atoms with Gasteiger partial charge in [-0.25, -0.2) is 9.59 Å². The molecule has 3 N–H and O–H groups in total. The number of urea groups is 1. The van der Waals surface area contributed by atoms with Gasteiger partial charge in [0.15, 0.2) is 0 Å². The van der Waals surface area contributed by atoms with Crippen LogP contribution in [0.3, 0.4) is 0 Å². The van der Waals surface area contributed by atoms with Gasteiger partial charge in [0.1, 0.15) is 6.04 Å². The molecule has 1 unspecified atom stereocenters. The van der Waals surface area contributed by atoms with E-state index in [1.165, 1.54) is 0 Å². The number of nitrogens with one attached hydrogen (secondary N) is 2. The van der Waals surface area contributed by atoms with Crippen LogP contribution in [-0.2, 0) is 15.6 Å². The molecule has 2 amide bonds. The quantitative estimate of drug-likeness (QED) is 0.588. The van der Waals surface area contributed by atoms with Crippen molar-refractivity contribution < 1.29 is 18.9 Å². The van der Waals surface area contributed by atoms with Crippen LogP contribution in [0.15, 0.2) is 0 Å². The van der Waals surface area contributed by atoms with Crippen molar-refractivity contribution in [1.82, 2.24) is 10.6 Å². The van der Waals surface area contributed by atoms with Crippen molar-refractivity contribution in [2.24, 2.45) is 0 Å². The molecular formula is C10H20N2O4S. The Kier molecular flexibility index (Phi) is 8.39. The molecule has 0 spiro atoms. The highest BCUT2D eigenvalue weighted by molar-refractivity contribution is 7.84. The first-order chi connectivity index (χ1) is 8.01. The van der Waals surface area contributed by atoms with E-state index < -0.39 is 28.8 Å². The zero-order valence-electron chi connectivity index (χ0n) is 10.2. The monoisotopic (exact) mass is 264 g/mol. The zero-order valence-corrected chi connectivity index (χ0v) is 11.0. The van der Waals surface area contributed by atoms with Crippen LogP contribution < -0.4 is 10.6 Å². The van der Waals surface area contributed by atoms with Crippen LogP contribution in [0.4, 0.5) is 4.79 Å². The van der Waals surface area contributed by atoms with E-state index in [0.717, 1.165) is 0 Å². The van der Waals surface area contributed by atoms with E-state index in [2.05, 4.69) is 10.6 Å². The Bertz CT molecular complexity index is 283. The standard InChI is InChI=1S/C10H20N2O4S/c1-3-5-8(9(13)14)12-10(15)11-6-7-17(16)4-2/h8H,3-7H2,1-2H3,(H,13,14)(H2,11,12,15)/t8-,17?/m0/s1. The van der Waals surface area contributed by atoms with Crippen molar-refractivity contribution >= 4 is 22.8 Å². The summed E-state index contributed by atoms with van der Waals surface area (Å²) in [6.07, 6.45) is 1.07. The molecule has 0 heterocycles. The summed E-state index contributed by atoms with van der Waals surface area (Å²) in [6.45, 7) is 3.93. The third kappa shape index (κ3) is 7.73. The smallest absolute Gasteiger partial charge is 0.326 e. The number of hydrogen-bond acceptors (Lipinski definition) is 3.